The van der Waals surface area contributed by atoms with E-state index in [0.717, 1.165) is 0 Å². The lowest BCUT2D eigenvalue weighted by Crippen LogP contribution is -2.44. The van der Waals surface area contributed by atoms with Crippen LogP contribution in [-0.2, 0) is 16.0 Å². The van der Waals surface area contributed by atoms with Crippen molar-refractivity contribution in [2.24, 2.45) is 0 Å². The number of nitrogens with zero attached hydrogens (tertiary/aromatic N) is 2. The molecule has 1 aromatic carbocycles. The smallest absolute Gasteiger partial charge is 0.410 e. The largest absolute Gasteiger partial charge is 0.444 e. The van der Waals surface area contributed by atoms with Crippen LogP contribution in [0.5, 0.6) is 0 Å². The minimum atomic E-state index is -0.575. The maximum Gasteiger partial charge on any atom is 0.410 e. The number of carbonyl (C=O) groups excluding carboxylic acids is 2. The number of nitrogens with one attached hydrogen (secondary N) is 2. The molecule has 146 valence electrons. The number of aromatic amines is 1. The number of ether oxygens (including phenoxy) is 1. The van der Waals surface area contributed by atoms with Crippen molar-refractivity contribution in [3.05, 3.63) is 40.3 Å². The molecular weight excluding hydrogens is 348 g/mol. The molecule has 0 aliphatic carbocycles. The van der Waals surface area contributed by atoms with Crippen LogP contribution in [0.3, 0.4) is 0 Å². The number of H-pyrrole nitrogens is 1. The van der Waals surface area contributed by atoms with E-state index in [9.17, 15) is 14.4 Å². The third-order valence-electron chi connectivity index (χ3n) is 3.76. The molecule has 8 nitrogen and oxygen atoms in total. The van der Waals surface area contributed by atoms with Crippen molar-refractivity contribution in [1.82, 2.24) is 20.4 Å². The Morgan fingerprint density at radius 3 is 2.52 bits per heavy atom. The molecule has 2 amide bonds. The highest BCUT2D eigenvalue weighted by molar-refractivity contribution is 5.88. The van der Waals surface area contributed by atoms with E-state index in [4.69, 9.17) is 4.74 Å². The van der Waals surface area contributed by atoms with Gasteiger partial charge in [-0.3, -0.25) is 9.59 Å². The van der Waals surface area contributed by atoms with E-state index in [2.05, 4.69) is 15.5 Å². The Balaban J connectivity index is 1.97. The van der Waals surface area contributed by atoms with Crippen LogP contribution in [0.25, 0.3) is 10.8 Å². The van der Waals surface area contributed by atoms with E-state index < -0.39 is 11.7 Å². The quantitative estimate of drug-likeness (QED) is 0.831. The first-order chi connectivity index (χ1) is 12.6. The van der Waals surface area contributed by atoms with Crippen molar-refractivity contribution < 1.29 is 14.3 Å². The maximum atomic E-state index is 12.4. The molecule has 0 spiro atoms. The molecule has 1 heterocycles. The third kappa shape index (κ3) is 5.80. The van der Waals surface area contributed by atoms with Gasteiger partial charge in [-0.05, 0) is 33.8 Å². The van der Waals surface area contributed by atoms with Gasteiger partial charge in [0.25, 0.3) is 5.56 Å². The highest BCUT2D eigenvalue weighted by Gasteiger charge is 2.21. The van der Waals surface area contributed by atoms with Crippen LogP contribution in [-0.4, -0.2) is 52.3 Å². The zero-order valence-electron chi connectivity index (χ0n) is 16.3. The molecule has 0 radical (unpaired) electrons. The van der Waals surface area contributed by atoms with Crippen molar-refractivity contribution in [3.8, 4) is 0 Å². The van der Waals surface area contributed by atoms with Crippen molar-refractivity contribution in [1.29, 1.82) is 0 Å². The van der Waals surface area contributed by atoms with Gasteiger partial charge in [-0.1, -0.05) is 18.2 Å². The molecule has 1 unspecified atom stereocenters. The number of hydrogen-bond donors (Lipinski definition) is 2. The first kappa shape index (κ1) is 20.4. The number of amides is 2. The number of fused-ring (bicyclic) bond motifs is 1. The normalized spacial score (nSPS) is 12.5. The van der Waals surface area contributed by atoms with Crippen molar-refractivity contribution in [3.63, 3.8) is 0 Å². The fraction of sp³-hybridized carbons (Fsp3) is 0.474. The van der Waals surface area contributed by atoms with Crippen LogP contribution in [0, 0.1) is 0 Å². The molecular formula is C19H26N4O4. The van der Waals surface area contributed by atoms with Crippen molar-refractivity contribution in [2.75, 3.05) is 13.6 Å². The number of rotatable bonds is 5. The molecule has 2 N–H and O–H groups in total. The van der Waals surface area contributed by atoms with Crippen LogP contribution in [0.2, 0.25) is 0 Å². The fourth-order valence-electron chi connectivity index (χ4n) is 2.65. The molecule has 0 saturated heterocycles. The summed E-state index contributed by atoms with van der Waals surface area (Å²) in [7, 11) is 1.62. The lowest BCUT2D eigenvalue weighted by Gasteiger charge is -2.26. The maximum absolute atomic E-state index is 12.4. The summed E-state index contributed by atoms with van der Waals surface area (Å²) in [5.41, 5.74) is -0.369. The van der Waals surface area contributed by atoms with Crippen LogP contribution >= 0.6 is 0 Å². The van der Waals surface area contributed by atoms with Gasteiger partial charge in [0.05, 0.1) is 17.5 Å². The minimum absolute atomic E-state index is 0.0256. The molecule has 2 aromatic rings. The van der Waals surface area contributed by atoms with Gasteiger partial charge in [-0.15, -0.1) is 0 Å². The Hall–Kier alpha value is -2.90. The summed E-state index contributed by atoms with van der Waals surface area (Å²) in [5, 5.41) is 10.4. The highest BCUT2D eigenvalue weighted by Crippen LogP contribution is 2.13. The molecule has 8 heteroatoms. The first-order valence-corrected chi connectivity index (χ1v) is 8.76. The average molecular weight is 374 g/mol. The van der Waals surface area contributed by atoms with Gasteiger partial charge in [-0.2, -0.15) is 5.10 Å². The second-order valence-electron chi connectivity index (χ2n) is 7.55. The summed E-state index contributed by atoms with van der Waals surface area (Å²) in [6, 6.07) is 6.73. The number of aromatic nitrogens is 2. The molecule has 0 bridgehead atoms. The highest BCUT2D eigenvalue weighted by atomic mass is 16.6. The fourth-order valence-corrected chi connectivity index (χ4v) is 2.65. The van der Waals surface area contributed by atoms with Gasteiger partial charge in [0.15, 0.2) is 0 Å². The molecule has 0 saturated carbocycles. The van der Waals surface area contributed by atoms with E-state index in [-0.39, 0.29) is 23.9 Å². The van der Waals surface area contributed by atoms with Crippen LogP contribution in [0.1, 0.15) is 33.4 Å². The van der Waals surface area contributed by atoms with Crippen molar-refractivity contribution in [2.45, 2.75) is 45.8 Å². The second-order valence-corrected chi connectivity index (χ2v) is 7.55. The topological polar surface area (TPSA) is 104 Å². The lowest BCUT2D eigenvalue weighted by atomic mass is 10.1. The molecule has 0 fully saturated rings. The predicted octanol–water partition coefficient (Wildman–Crippen LogP) is 1.84. The number of likely N-dealkylation sites (N-methyl/N-ethyl adjacent to an activating group) is 1. The Labute approximate surface area is 157 Å². The average Bonchev–Trinajstić information content (AvgIpc) is 2.56. The van der Waals surface area contributed by atoms with E-state index in [1.165, 1.54) is 4.90 Å². The summed E-state index contributed by atoms with van der Waals surface area (Å²) < 4.78 is 5.29. The monoisotopic (exact) mass is 374 g/mol. The summed E-state index contributed by atoms with van der Waals surface area (Å²) in [6.45, 7) is 7.50. The number of hydrogen-bond acceptors (Lipinski definition) is 5. The number of benzene rings is 1. The third-order valence-corrected chi connectivity index (χ3v) is 3.76. The van der Waals surface area contributed by atoms with Gasteiger partial charge in [0, 0.05) is 25.0 Å². The predicted molar refractivity (Wildman–Crippen MR) is 103 cm³/mol. The van der Waals surface area contributed by atoms with Gasteiger partial charge >= 0.3 is 6.09 Å². The summed E-state index contributed by atoms with van der Waals surface area (Å²) >= 11 is 0. The van der Waals surface area contributed by atoms with Crippen LogP contribution < -0.4 is 10.9 Å². The first-order valence-electron chi connectivity index (χ1n) is 8.76. The van der Waals surface area contributed by atoms with Gasteiger partial charge in [0.2, 0.25) is 5.91 Å². The zero-order valence-corrected chi connectivity index (χ0v) is 16.3. The summed E-state index contributed by atoms with van der Waals surface area (Å²) in [5.74, 6) is -0.246. The van der Waals surface area contributed by atoms with E-state index >= 15 is 0 Å². The van der Waals surface area contributed by atoms with Gasteiger partial charge in [-0.25, -0.2) is 9.89 Å². The minimum Gasteiger partial charge on any atom is -0.444 e. The van der Waals surface area contributed by atoms with E-state index in [1.54, 1.807) is 59.0 Å². The molecule has 0 aliphatic heterocycles. The Kier molecular flexibility index (Phi) is 6.20. The van der Waals surface area contributed by atoms with E-state index in [0.29, 0.717) is 23.0 Å². The standard InChI is InChI=1S/C19H26N4O4/c1-12(11-23(5)18(26)27-19(2,3)4)20-16(24)10-15-13-8-6-7-9-14(13)17(25)22-21-15/h6-9,12H,10-11H2,1-5H3,(H,20,24)(H,22,25). The molecule has 27 heavy (non-hydrogen) atoms. The number of carbonyl (C=O) groups is 2. The molecule has 2 rings (SSSR count). The Morgan fingerprint density at radius 2 is 1.89 bits per heavy atom. The Morgan fingerprint density at radius 1 is 1.26 bits per heavy atom. The van der Waals surface area contributed by atoms with Crippen LogP contribution in [0.15, 0.2) is 29.1 Å². The summed E-state index contributed by atoms with van der Waals surface area (Å²) in [6.07, 6.45) is -0.422. The lowest BCUT2D eigenvalue weighted by molar-refractivity contribution is -0.121. The Bertz CT molecular complexity index is 885. The van der Waals surface area contributed by atoms with Crippen LogP contribution in [0.4, 0.5) is 4.79 Å². The second kappa shape index (κ2) is 8.20. The summed E-state index contributed by atoms with van der Waals surface area (Å²) in [4.78, 5) is 37.6. The molecule has 0 aliphatic rings. The molecule has 1 atom stereocenters. The van der Waals surface area contributed by atoms with E-state index in [1.807, 2.05) is 0 Å². The van der Waals surface area contributed by atoms with Gasteiger partial charge < -0.3 is 15.0 Å². The molecule has 1 aromatic heterocycles. The SMILES string of the molecule is CC(CN(C)C(=O)OC(C)(C)C)NC(=O)Cc1n[nH]c(=O)c2ccccc12. The van der Waals surface area contributed by atoms with Gasteiger partial charge in [0.1, 0.15) is 5.60 Å². The van der Waals surface area contributed by atoms with Crippen molar-refractivity contribution >= 4 is 22.8 Å². The zero-order chi connectivity index (χ0) is 20.2.